The largest absolute Gasteiger partial charge is 0.298 e. The van der Waals surface area contributed by atoms with E-state index >= 15 is 0 Å². The Hall–Kier alpha value is -2.41. The van der Waals surface area contributed by atoms with Crippen molar-refractivity contribution in [2.45, 2.75) is 0 Å². The van der Waals surface area contributed by atoms with Crippen molar-refractivity contribution in [2.24, 2.45) is 0 Å². The number of hydrogen-bond donors (Lipinski definition) is 0. The molecule has 18 heavy (non-hydrogen) atoms. The quantitative estimate of drug-likeness (QED) is 0.569. The van der Waals surface area contributed by atoms with Crippen LogP contribution in [0, 0.1) is 0 Å². The minimum Gasteiger partial charge on any atom is -0.298 e. The van der Waals surface area contributed by atoms with E-state index < -0.39 is 0 Å². The van der Waals surface area contributed by atoms with Crippen molar-refractivity contribution in [3.05, 3.63) is 77.4 Å². The van der Waals surface area contributed by atoms with E-state index in [0.29, 0.717) is 5.56 Å². The zero-order valence-corrected chi connectivity index (χ0v) is 10.0. The van der Waals surface area contributed by atoms with Gasteiger partial charge in [0.05, 0.1) is 0 Å². The van der Waals surface area contributed by atoms with Crippen molar-refractivity contribution in [3.8, 4) is 0 Å². The lowest BCUT2D eigenvalue weighted by atomic mass is 10.1. The molecular weight excluding hydrogens is 220 g/mol. The molecule has 1 heteroatoms. The molecule has 0 bridgehead atoms. The van der Waals surface area contributed by atoms with Gasteiger partial charge >= 0.3 is 0 Å². The first kappa shape index (κ1) is 12.1. The average molecular weight is 234 g/mol. The van der Waals surface area contributed by atoms with E-state index in [1.807, 2.05) is 66.8 Å². The SMILES string of the molecule is C=Cc1ccc(C=Cc2ccc(C=O)cc2)cc1. The van der Waals surface area contributed by atoms with Crippen LogP contribution in [0.4, 0.5) is 0 Å². The molecule has 1 nitrogen and oxygen atoms in total. The first-order valence-electron chi connectivity index (χ1n) is 5.77. The second kappa shape index (κ2) is 5.78. The Morgan fingerprint density at radius 3 is 1.44 bits per heavy atom. The molecule has 0 aliphatic heterocycles. The number of carbonyl (C=O) groups is 1. The third kappa shape index (κ3) is 3.05. The van der Waals surface area contributed by atoms with Gasteiger partial charge in [0.25, 0.3) is 0 Å². The molecule has 0 spiro atoms. The summed E-state index contributed by atoms with van der Waals surface area (Å²) in [6.45, 7) is 3.72. The molecule has 0 aliphatic carbocycles. The summed E-state index contributed by atoms with van der Waals surface area (Å²) < 4.78 is 0. The van der Waals surface area contributed by atoms with Gasteiger partial charge in [0, 0.05) is 5.56 Å². The maximum atomic E-state index is 10.5. The summed E-state index contributed by atoms with van der Waals surface area (Å²) >= 11 is 0. The number of carbonyl (C=O) groups excluding carboxylic acids is 1. The molecule has 0 atom stereocenters. The second-order valence-corrected chi connectivity index (χ2v) is 3.99. The fourth-order valence-corrected chi connectivity index (χ4v) is 1.62. The van der Waals surface area contributed by atoms with Gasteiger partial charge in [-0.15, -0.1) is 0 Å². The summed E-state index contributed by atoms with van der Waals surface area (Å²) in [5.41, 5.74) is 4.03. The maximum absolute atomic E-state index is 10.5. The van der Waals surface area contributed by atoms with Crippen LogP contribution in [-0.4, -0.2) is 6.29 Å². The Kier molecular flexibility index (Phi) is 3.87. The zero-order chi connectivity index (χ0) is 12.8. The number of hydrogen-bond acceptors (Lipinski definition) is 1. The average Bonchev–Trinajstić information content (AvgIpc) is 2.46. The fourth-order valence-electron chi connectivity index (χ4n) is 1.62. The summed E-state index contributed by atoms with van der Waals surface area (Å²) in [7, 11) is 0. The molecule has 0 fully saturated rings. The molecular formula is C17H14O. The van der Waals surface area contributed by atoms with Gasteiger partial charge in [0.15, 0.2) is 0 Å². The normalized spacial score (nSPS) is 10.4. The van der Waals surface area contributed by atoms with Crippen LogP contribution >= 0.6 is 0 Å². The van der Waals surface area contributed by atoms with Crippen LogP contribution in [0.3, 0.4) is 0 Å². The minimum absolute atomic E-state index is 0.697. The maximum Gasteiger partial charge on any atom is 0.150 e. The standard InChI is InChI=1S/C17H14O/c1-2-14-3-5-15(6-4-14)7-8-16-9-11-17(13-18)12-10-16/h2-13H,1H2. The Balaban J connectivity index is 2.13. The first-order valence-corrected chi connectivity index (χ1v) is 5.77. The Labute approximate surface area is 107 Å². The van der Waals surface area contributed by atoms with Crippen molar-refractivity contribution in [1.29, 1.82) is 0 Å². The van der Waals surface area contributed by atoms with Gasteiger partial charge in [0.2, 0.25) is 0 Å². The van der Waals surface area contributed by atoms with Crippen LogP contribution in [-0.2, 0) is 0 Å². The lowest BCUT2D eigenvalue weighted by molar-refractivity contribution is 0.112. The van der Waals surface area contributed by atoms with Gasteiger partial charge < -0.3 is 0 Å². The van der Waals surface area contributed by atoms with Crippen molar-refractivity contribution in [1.82, 2.24) is 0 Å². The van der Waals surface area contributed by atoms with Crippen molar-refractivity contribution >= 4 is 24.5 Å². The van der Waals surface area contributed by atoms with Crippen LogP contribution < -0.4 is 0 Å². The first-order chi connectivity index (χ1) is 8.81. The molecule has 0 N–H and O–H groups in total. The third-order valence-electron chi connectivity index (χ3n) is 2.71. The van der Waals surface area contributed by atoms with Crippen LogP contribution in [0.25, 0.3) is 18.2 Å². The summed E-state index contributed by atoms with van der Waals surface area (Å²) in [6.07, 6.45) is 6.74. The molecule has 0 radical (unpaired) electrons. The lowest BCUT2D eigenvalue weighted by Crippen LogP contribution is -1.79. The van der Waals surface area contributed by atoms with E-state index in [1.165, 1.54) is 0 Å². The van der Waals surface area contributed by atoms with Gasteiger partial charge in [-0.1, -0.05) is 73.3 Å². The van der Waals surface area contributed by atoms with Gasteiger partial charge in [-0.2, -0.15) is 0 Å². The molecule has 0 heterocycles. The predicted octanol–water partition coefficient (Wildman–Crippen LogP) is 4.31. The molecule has 0 saturated carbocycles. The monoisotopic (exact) mass is 234 g/mol. The molecule has 0 unspecified atom stereocenters. The summed E-state index contributed by atoms with van der Waals surface area (Å²) in [4.78, 5) is 10.5. The molecule has 2 aromatic rings. The van der Waals surface area contributed by atoms with E-state index in [9.17, 15) is 4.79 Å². The second-order valence-electron chi connectivity index (χ2n) is 3.99. The highest BCUT2D eigenvalue weighted by molar-refractivity contribution is 5.76. The van der Waals surface area contributed by atoms with E-state index in [4.69, 9.17) is 0 Å². The molecule has 0 aromatic heterocycles. The highest BCUT2D eigenvalue weighted by atomic mass is 16.1. The van der Waals surface area contributed by atoms with E-state index in [0.717, 1.165) is 23.0 Å². The lowest BCUT2D eigenvalue weighted by Gasteiger charge is -1.96. The Morgan fingerprint density at radius 2 is 1.06 bits per heavy atom. The molecule has 88 valence electrons. The molecule has 2 rings (SSSR count). The highest BCUT2D eigenvalue weighted by Crippen LogP contribution is 2.11. The molecule has 0 saturated heterocycles. The highest BCUT2D eigenvalue weighted by Gasteiger charge is 1.91. The van der Waals surface area contributed by atoms with Gasteiger partial charge in [-0.3, -0.25) is 4.79 Å². The van der Waals surface area contributed by atoms with Crippen LogP contribution in [0.5, 0.6) is 0 Å². The predicted molar refractivity (Wildman–Crippen MR) is 77.3 cm³/mol. The Morgan fingerprint density at radius 1 is 0.667 bits per heavy atom. The van der Waals surface area contributed by atoms with Gasteiger partial charge in [-0.05, 0) is 16.7 Å². The van der Waals surface area contributed by atoms with E-state index in [1.54, 1.807) is 0 Å². The van der Waals surface area contributed by atoms with Crippen LogP contribution in [0.2, 0.25) is 0 Å². The van der Waals surface area contributed by atoms with Gasteiger partial charge in [0.1, 0.15) is 6.29 Å². The summed E-state index contributed by atoms with van der Waals surface area (Å²) in [6, 6.07) is 15.6. The van der Waals surface area contributed by atoms with Gasteiger partial charge in [-0.25, -0.2) is 0 Å². The van der Waals surface area contributed by atoms with E-state index in [-0.39, 0.29) is 0 Å². The summed E-state index contributed by atoms with van der Waals surface area (Å²) in [5.74, 6) is 0. The molecule has 2 aromatic carbocycles. The van der Waals surface area contributed by atoms with E-state index in [2.05, 4.69) is 6.58 Å². The van der Waals surface area contributed by atoms with Crippen molar-refractivity contribution in [3.63, 3.8) is 0 Å². The fraction of sp³-hybridized carbons (Fsp3) is 0. The van der Waals surface area contributed by atoms with Crippen LogP contribution in [0.15, 0.2) is 55.1 Å². The minimum atomic E-state index is 0.697. The van der Waals surface area contributed by atoms with Crippen LogP contribution in [0.1, 0.15) is 27.0 Å². The van der Waals surface area contributed by atoms with Crippen molar-refractivity contribution < 1.29 is 4.79 Å². The third-order valence-corrected chi connectivity index (χ3v) is 2.71. The number of aldehydes is 1. The smallest absolute Gasteiger partial charge is 0.150 e. The molecule has 0 amide bonds. The van der Waals surface area contributed by atoms with Crippen molar-refractivity contribution in [2.75, 3.05) is 0 Å². The number of benzene rings is 2. The number of rotatable bonds is 4. The molecule has 0 aliphatic rings. The Bertz CT molecular complexity index is 506. The topological polar surface area (TPSA) is 17.1 Å². The zero-order valence-electron chi connectivity index (χ0n) is 10.0. The summed E-state index contributed by atoms with van der Waals surface area (Å²) in [5, 5.41) is 0.